The predicted molar refractivity (Wildman–Crippen MR) is 72.3 cm³/mol. The lowest BCUT2D eigenvalue weighted by Gasteiger charge is -2.10. The zero-order chi connectivity index (χ0) is 10.8. The van der Waals surface area contributed by atoms with E-state index in [2.05, 4.69) is 22.6 Å². The Labute approximate surface area is 107 Å². The van der Waals surface area contributed by atoms with Crippen molar-refractivity contribution in [3.05, 3.63) is 55.3 Å². The number of thiophene rings is 1. The Hall–Kier alpha value is -0.390. The van der Waals surface area contributed by atoms with Gasteiger partial charge in [0.15, 0.2) is 0 Å². The van der Waals surface area contributed by atoms with Crippen LogP contribution < -0.4 is 0 Å². The first kappa shape index (κ1) is 11.1. The van der Waals surface area contributed by atoms with E-state index in [1.807, 2.05) is 42.6 Å². The summed E-state index contributed by atoms with van der Waals surface area (Å²) < 4.78 is 1.15. The molecule has 1 nitrogen and oxygen atoms in total. The quantitative estimate of drug-likeness (QED) is 0.832. The second-order valence-electron chi connectivity index (χ2n) is 3.43. The first-order valence-electron chi connectivity index (χ1n) is 4.66. The number of rotatable bonds is 2. The number of halogens is 1. The average molecular weight is 330 g/mol. The minimum absolute atomic E-state index is 0.486. The van der Waals surface area contributed by atoms with Gasteiger partial charge in [-0.25, -0.2) is 0 Å². The molecule has 0 aliphatic rings. The number of benzene rings is 1. The third-order valence-electron chi connectivity index (χ3n) is 2.31. The fourth-order valence-electron chi connectivity index (χ4n) is 1.49. The maximum absolute atomic E-state index is 10.2. The molecule has 1 aromatic heterocycles. The van der Waals surface area contributed by atoms with Gasteiger partial charge in [0.25, 0.3) is 0 Å². The molecule has 1 N–H and O–H groups in total. The summed E-state index contributed by atoms with van der Waals surface area (Å²) in [6.07, 6.45) is -0.486. The van der Waals surface area contributed by atoms with Crippen LogP contribution in [0, 0.1) is 10.5 Å². The fourth-order valence-corrected chi connectivity index (χ4v) is 3.00. The molecule has 0 bridgehead atoms. The lowest BCUT2D eigenvalue weighted by Crippen LogP contribution is -1.98. The van der Waals surface area contributed by atoms with Gasteiger partial charge >= 0.3 is 0 Å². The molecule has 78 valence electrons. The highest BCUT2D eigenvalue weighted by molar-refractivity contribution is 14.1. The van der Waals surface area contributed by atoms with Crippen LogP contribution in [0.4, 0.5) is 0 Å². The summed E-state index contributed by atoms with van der Waals surface area (Å²) in [7, 11) is 0. The number of hydrogen-bond donors (Lipinski definition) is 1. The van der Waals surface area contributed by atoms with E-state index in [4.69, 9.17) is 0 Å². The third kappa shape index (κ3) is 2.41. The summed E-state index contributed by atoms with van der Waals surface area (Å²) in [4.78, 5) is 1.04. The van der Waals surface area contributed by atoms with Crippen LogP contribution >= 0.6 is 33.9 Å². The Morgan fingerprint density at radius 1 is 1.33 bits per heavy atom. The van der Waals surface area contributed by atoms with Crippen molar-refractivity contribution in [2.24, 2.45) is 0 Å². The number of hydrogen-bond acceptors (Lipinski definition) is 2. The molecule has 3 heteroatoms. The third-order valence-corrected chi connectivity index (χ3v) is 4.06. The van der Waals surface area contributed by atoms with Gasteiger partial charge in [0.2, 0.25) is 0 Å². The van der Waals surface area contributed by atoms with Gasteiger partial charge in [0.05, 0.1) is 0 Å². The highest BCUT2D eigenvalue weighted by Gasteiger charge is 2.13. The lowest BCUT2D eigenvalue weighted by atomic mass is 10.1. The van der Waals surface area contributed by atoms with E-state index in [-0.39, 0.29) is 0 Å². The fraction of sp³-hybridized carbons (Fsp3) is 0.167. The van der Waals surface area contributed by atoms with Gasteiger partial charge in [-0.1, -0.05) is 12.1 Å². The minimum atomic E-state index is -0.486. The highest BCUT2D eigenvalue weighted by atomic mass is 127. The van der Waals surface area contributed by atoms with Crippen LogP contribution in [0.15, 0.2) is 35.7 Å². The molecule has 1 aromatic carbocycles. The van der Waals surface area contributed by atoms with E-state index in [1.54, 1.807) is 11.3 Å². The summed E-state index contributed by atoms with van der Waals surface area (Å²) >= 11 is 3.86. The molecule has 0 amide bonds. The van der Waals surface area contributed by atoms with Crippen LogP contribution in [-0.2, 0) is 0 Å². The van der Waals surface area contributed by atoms with Crippen molar-refractivity contribution in [1.29, 1.82) is 0 Å². The minimum Gasteiger partial charge on any atom is -0.383 e. The zero-order valence-corrected chi connectivity index (χ0v) is 11.2. The van der Waals surface area contributed by atoms with Gasteiger partial charge in [-0.2, -0.15) is 0 Å². The van der Waals surface area contributed by atoms with Crippen LogP contribution in [0.1, 0.15) is 22.1 Å². The largest absolute Gasteiger partial charge is 0.383 e. The predicted octanol–water partition coefficient (Wildman–Crippen LogP) is 3.74. The van der Waals surface area contributed by atoms with E-state index in [0.717, 1.165) is 19.6 Å². The molecule has 1 unspecified atom stereocenters. The summed E-state index contributed by atoms with van der Waals surface area (Å²) in [6, 6.07) is 10.0. The van der Waals surface area contributed by atoms with Crippen molar-refractivity contribution in [3.63, 3.8) is 0 Å². The summed E-state index contributed by atoms with van der Waals surface area (Å²) in [5.41, 5.74) is 2.12. The summed E-state index contributed by atoms with van der Waals surface area (Å²) in [6.45, 7) is 2.03. The molecular weight excluding hydrogens is 319 g/mol. The Bertz CT molecular complexity index is 464. The molecule has 0 fully saturated rings. The molecule has 1 heterocycles. The van der Waals surface area contributed by atoms with Gasteiger partial charge in [-0.05, 0) is 64.2 Å². The van der Waals surface area contributed by atoms with Gasteiger partial charge in [-0.15, -0.1) is 11.3 Å². The summed E-state index contributed by atoms with van der Waals surface area (Å²) in [5.74, 6) is 0. The number of aliphatic hydroxyl groups is 1. The van der Waals surface area contributed by atoms with Crippen molar-refractivity contribution in [2.45, 2.75) is 13.0 Å². The zero-order valence-electron chi connectivity index (χ0n) is 8.27. The van der Waals surface area contributed by atoms with Gasteiger partial charge in [0.1, 0.15) is 6.10 Å². The maximum Gasteiger partial charge on any atom is 0.113 e. The van der Waals surface area contributed by atoms with Crippen molar-refractivity contribution in [1.82, 2.24) is 0 Å². The topological polar surface area (TPSA) is 20.2 Å². The van der Waals surface area contributed by atoms with Gasteiger partial charge < -0.3 is 5.11 Å². The maximum atomic E-state index is 10.2. The van der Waals surface area contributed by atoms with Gasteiger partial charge in [-0.3, -0.25) is 0 Å². The monoisotopic (exact) mass is 330 g/mol. The molecule has 15 heavy (non-hydrogen) atoms. The molecule has 0 aliphatic heterocycles. The van der Waals surface area contributed by atoms with Crippen LogP contribution in [0.2, 0.25) is 0 Å². The molecule has 0 spiro atoms. The molecule has 2 aromatic rings. The van der Waals surface area contributed by atoms with E-state index < -0.39 is 6.10 Å². The Kier molecular flexibility index (Phi) is 3.43. The SMILES string of the molecule is Cc1ccsc1C(O)c1cccc(I)c1. The van der Waals surface area contributed by atoms with E-state index in [0.29, 0.717) is 0 Å². The molecule has 0 aliphatic carbocycles. The van der Waals surface area contributed by atoms with E-state index in [1.165, 1.54) is 0 Å². The van der Waals surface area contributed by atoms with Crippen LogP contribution in [0.5, 0.6) is 0 Å². The Morgan fingerprint density at radius 3 is 2.73 bits per heavy atom. The first-order valence-corrected chi connectivity index (χ1v) is 6.62. The second-order valence-corrected chi connectivity index (χ2v) is 5.62. The summed E-state index contributed by atoms with van der Waals surface area (Å²) in [5, 5.41) is 12.2. The molecular formula is C12H11IOS. The average Bonchev–Trinajstić information content (AvgIpc) is 2.63. The molecule has 2 rings (SSSR count). The molecule has 0 saturated carbocycles. The molecule has 0 radical (unpaired) electrons. The van der Waals surface area contributed by atoms with Crippen molar-refractivity contribution < 1.29 is 5.11 Å². The van der Waals surface area contributed by atoms with E-state index in [9.17, 15) is 5.11 Å². The van der Waals surface area contributed by atoms with Crippen LogP contribution in [-0.4, -0.2) is 5.11 Å². The standard InChI is InChI=1S/C12H11IOS/c1-8-5-6-15-12(8)11(14)9-3-2-4-10(13)7-9/h2-7,11,14H,1H3. The Morgan fingerprint density at radius 2 is 2.13 bits per heavy atom. The highest BCUT2D eigenvalue weighted by Crippen LogP contribution is 2.29. The van der Waals surface area contributed by atoms with Crippen LogP contribution in [0.25, 0.3) is 0 Å². The smallest absolute Gasteiger partial charge is 0.113 e. The van der Waals surface area contributed by atoms with E-state index >= 15 is 0 Å². The normalized spacial score (nSPS) is 12.7. The number of aliphatic hydroxyl groups excluding tert-OH is 1. The number of aryl methyl sites for hydroxylation is 1. The van der Waals surface area contributed by atoms with Crippen molar-refractivity contribution in [2.75, 3.05) is 0 Å². The van der Waals surface area contributed by atoms with Crippen molar-refractivity contribution in [3.8, 4) is 0 Å². The second kappa shape index (κ2) is 4.63. The molecule has 1 atom stereocenters. The van der Waals surface area contributed by atoms with Crippen molar-refractivity contribution >= 4 is 33.9 Å². The lowest BCUT2D eigenvalue weighted by molar-refractivity contribution is 0.223. The van der Waals surface area contributed by atoms with Gasteiger partial charge in [0, 0.05) is 8.45 Å². The van der Waals surface area contributed by atoms with Crippen LogP contribution in [0.3, 0.4) is 0 Å². The molecule has 0 saturated heterocycles. The Balaban J connectivity index is 2.36. The first-order chi connectivity index (χ1) is 7.18.